The molecule has 0 N–H and O–H groups in total. The Bertz CT molecular complexity index is 1250. The first-order valence-corrected chi connectivity index (χ1v) is 13.4. The van der Waals surface area contributed by atoms with Crippen LogP contribution >= 0.6 is 23.2 Å². The molecular weight excluding hydrogens is 496 g/mol. The number of hydrogen-bond acceptors (Lipinski definition) is 3. The van der Waals surface area contributed by atoms with Gasteiger partial charge in [0.25, 0.3) is 0 Å². The molecule has 3 aromatic rings. The topological polar surface area (TPSA) is 30.3 Å². The molecule has 1 aliphatic heterocycles. The lowest BCUT2D eigenvalue weighted by Gasteiger charge is -2.32. The number of benzene rings is 2. The Balaban J connectivity index is 1.57. The lowest BCUT2D eigenvalue weighted by molar-refractivity contribution is 0.132. The number of rotatable bonds is 9. The highest BCUT2D eigenvalue weighted by Crippen LogP contribution is 2.35. The van der Waals surface area contributed by atoms with Crippen molar-refractivity contribution in [3.8, 4) is 0 Å². The summed E-state index contributed by atoms with van der Waals surface area (Å²) in [5.74, 6) is 1.57. The van der Waals surface area contributed by atoms with Gasteiger partial charge in [-0.25, -0.2) is 9.37 Å². The highest BCUT2D eigenvalue weighted by molar-refractivity contribution is 6.36. The molecular formula is C29H36Cl2FN3O. The van der Waals surface area contributed by atoms with Crippen molar-refractivity contribution >= 4 is 34.2 Å². The molecule has 1 unspecified atom stereocenters. The summed E-state index contributed by atoms with van der Waals surface area (Å²) in [6.07, 6.45) is 5.34. The Morgan fingerprint density at radius 2 is 1.97 bits per heavy atom. The predicted octanol–water partition coefficient (Wildman–Crippen LogP) is 7.40. The largest absolute Gasteiger partial charge is 0.385 e. The number of piperidine rings is 1. The van der Waals surface area contributed by atoms with E-state index in [1.807, 2.05) is 42.8 Å². The molecule has 4 nitrogen and oxygen atoms in total. The van der Waals surface area contributed by atoms with E-state index < -0.39 is 5.67 Å². The summed E-state index contributed by atoms with van der Waals surface area (Å²) < 4.78 is 22.2. The molecule has 0 aliphatic carbocycles. The standard InChI is InChI=1S/C29H36Cl2FN3O/c1-6-29(3,32)22-15-19(2)28-25(16-22)34(4)26(33-28)17-23-24(30)8-7-21(27(23)31)18-35-12-9-20(10-13-35)11-14-36-5/h6-8,15-16,20H,1,9-14,17-18H2,2-5H3. The zero-order valence-corrected chi connectivity index (χ0v) is 23.2. The number of imidazole rings is 1. The number of fused-ring (bicyclic) bond motifs is 1. The van der Waals surface area contributed by atoms with Crippen molar-refractivity contribution in [2.45, 2.75) is 51.7 Å². The van der Waals surface area contributed by atoms with E-state index >= 15 is 0 Å². The minimum Gasteiger partial charge on any atom is -0.385 e. The maximum atomic E-state index is 15.0. The molecule has 0 radical (unpaired) electrons. The highest BCUT2D eigenvalue weighted by Gasteiger charge is 2.25. The molecule has 36 heavy (non-hydrogen) atoms. The maximum absolute atomic E-state index is 15.0. The maximum Gasteiger partial charge on any atom is 0.151 e. The number of nitrogens with zero attached hydrogens (tertiary/aromatic N) is 3. The van der Waals surface area contributed by atoms with E-state index in [2.05, 4.69) is 11.5 Å². The van der Waals surface area contributed by atoms with Crippen LogP contribution in [0.4, 0.5) is 4.39 Å². The van der Waals surface area contributed by atoms with E-state index in [1.54, 1.807) is 7.11 Å². The van der Waals surface area contributed by atoms with Crippen LogP contribution in [0.3, 0.4) is 0 Å². The Morgan fingerprint density at radius 3 is 2.64 bits per heavy atom. The highest BCUT2D eigenvalue weighted by atomic mass is 35.5. The summed E-state index contributed by atoms with van der Waals surface area (Å²) in [5, 5.41) is 1.34. The lowest BCUT2D eigenvalue weighted by atomic mass is 9.93. The molecule has 0 saturated carbocycles. The third-order valence-electron chi connectivity index (χ3n) is 7.65. The van der Waals surface area contributed by atoms with Gasteiger partial charge in [0.1, 0.15) is 5.82 Å². The predicted molar refractivity (Wildman–Crippen MR) is 148 cm³/mol. The van der Waals surface area contributed by atoms with Crippen molar-refractivity contribution in [3.05, 3.63) is 75.0 Å². The first kappa shape index (κ1) is 27.1. The van der Waals surface area contributed by atoms with Crippen LogP contribution in [-0.2, 0) is 30.4 Å². The molecule has 1 atom stereocenters. The van der Waals surface area contributed by atoms with Crippen molar-refractivity contribution in [1.29, 1.82) is 0 Å². The van der Waals surface area contributed by atoms with E-state index in [-0.39, 0.29) is 0 Å². The summed E-state index contributed by atoms with van der Waals surface area (Å²) in [6, 6.07) is 7.68. The van der Waals surface area contributed by atoms with Gasteiger partial charge < -0.3 is 9.30 Å². The third-order valence-corrected chi connectivity index (χ3v) is 8.47. The minimum atomic E-state index is -1.61. The number of alkyl halides is 1. The lowest BCUT2D eigenvalue weighted by Crippen LogP contribution is -2.33. The van der Waals surface area contributed by atoms with Crippen LogP contribution < -0.4 is 0 Å². The first-order chi connectivity index (χ1) is 17.1. The molecule has 1 aliphatic rings. The smallest absolute Gasteiger partial charge is 0.151 e. The fraction of sp³-hybridized carbons (Fsp3) is 0.483. The quantitative estimate of drug-likeness (QED) is 0.269. The van der Waals surface area contributed by atoms with Gasteiger partial charge >= 0.3 is 0 Å². The second-order valence-corrected chi connectivity index (χ2v) is 11.0. The zero-order valence-electron chi connectivity index (χ0n) is 21.7. The van der Waals surface area contributed by atoms with E-state index in [0.29, 0.717) is 22.0 Å². The zero-order chi connectivity index (χ0) is 26.0. The molecule has 2 aromatic carbocycles. The van der Waals surface area contributed by atoms with Crippen LogP contribution in [0.1, 0.15) is 54.3 Å². The molecule has 2 heterocycles. The van der Waals surface area contributed by atoms with Crippen LogP contribution in [0.15, 0.2) is 36.9 Å². The summed E-state index contributed by atoms with van der Waals surface area (Å²) in [7, 11) is 3.72. The second-order valence-electron chi connectivity index (χ2n) is 10.2. The SMILES string of the molecule is C=CC(C)(F)c1cc(C)c2nc(Cc3c(Cl)ccc(CN4CCC(CCOC)CC4)c3Cl)n(C)c2c1. The van der Waals surface area contributed by atoms with Gasteiger partial charge in [-0.3, -0.25) is 4.90 Å². The van der Waals surface area contributed by atoms with Gasteiger partial charge in [0.2, 0.25) is 0 Å². The fourth-order valence-corrected chi connectivity index (χ4v) is 5.67. The van der Waals surface area contributed by atoms with Gasteiger partial charge in [-0.05, 0) is 86.5 Å². The molecule has 1 fully saturated rings. The van der Waals surface area contributed by atoms with Crippen LogP contribution in [0.25, 0.3) is 11.0 Å². The molecule has 0 bridgehead atoms. The number of aryl methyl sites for hydroxylation is 2. The number of allylic oxidation sites excluding steroid dienone is 1. The average Bonchev–Trinajstić information content (AvgIpc) is 3.18. The average molecular weight is 533 g/mol. The fourth-order valence-electron chi connectivity index (χ4n) is 5.11. The summed E-state index contributed by atoms with van der Waals surface area (Å²) in [5.41, 5.74) is 3.59. The third kappa shape index (κ3) is 5.65. The van der Waals surface area contributed by atoms with Crippen molar-refractivity contribution in [2.24, 2.45) is 13.0 Å². The Labute approximate surface area is 224 Å². The van der Waals surface area contributed by atoms with Gasteiger partial charge in [-0.15, -0.1) is 0 Å². The minimum absolute atomic E-state index is 0.499. The van der Waals surface area contributed by atoms with Crippen LogP contribution in [0, 0.1) is 12.8 Å². The number of aromatic nitrogens is 2. The molecule has 1 aromatic heterocycles. The van der Waals surface area contributed by atoms with Gasteiger partial charge in [-0.2, -0.15) is 0 Å². The van der Waals surface area contributed by atoms with Crippen molar-refractivity contribution in [3.63, 3.8) is 0 Å². The molecule has 194 valence electrons. The Hall–Kier alpha value is -1.92. The second kappa shape index (κ2) is 11.2. The van der Waals surface area contributed by atoms with Gasteiger partial charge in [-0.1, -0.05) is 48.0 Å². The summed E-state index contributed by atoms with van der Waals surface area (Å²) >= 11 is 13.6. The van der Waals surface area contributed by atoms with Crippen LogP contribution in [-0.4, -0.2) is 41.3 Å². The van der Waals surface area contributed by atoms with E-state index in [0.717, 1.165) is 72.1 Å². The number of methoxy groups -OCH3 is 1. The number of likely N-dealkylation sites (tertiary alicyclic amines) is 1. The van der Waals surface area contributed by atoms with Crippen molar-refractivity contribution in [1.82, 2.24) is 14.5 Å². The van der Waals surface area contributed by atoms with Gasteiger partial charge in [0.15, 0.2) is 5.67 Å². The number of halogens is 3. The van der Waals surface area contributed by atoms with E-state index in [4.69, 9.17) is 32.9 Å². The number of hydrogen-bond donors (Lipinski definition) is 0. The monoisotopic (exact) mass is 531 g/mol. The van der Waals surface area contributed by atoms with E-state index in [1.165, 1.54) is 25.8 Å². The van der Waals surface area contributed by atoms with Crippen molar-refractivity contribution < 1.29 is 9.13 Å². The Kier molecular flexibility index (Phi) is 8.45. The normalized spacial score (nSPS) is 17.0. The van der Waals surface area contributed by atoms with E-state index in [9.17, 15) is 4.39 Å². The molecule has 0 amide bonds. The summed E-state index contributed by atoms with van der Waals surface area (Å²) in [6.45, 7) is 10.9. The molecule has 4 rings (SSSR count). The molecule has 0 spiro atoms. The van der Waals surface area contributed by atoms with Crippen LogP contribution in [0.2, 0.25) is 10.0 Å². The van der Waals surface area contributed by atoms with Crippen molar-refractivity contribution in [2.75, 3.05) is 26.8 Å². The number of ether oxygens (including phenoxy) is 1. The van der Waals surface area contributed by atoms with Gasteiger partial charge in [0, 0.05) is 38.8 Å². The summed E-state index contributed by atoms with van der Waals surface area (Å²) in [4.78, 5) is 7.36. The Morgan fingerprint density at radius 1 is 1.25 bits per heavy atom. The van der Waals surface area contributed by atoms with Gasteiger partial charge in [0.05, 0.1) is 16.1 Å². The molecule has 7 heteroatoms. The van der Waals surface area contributed by atoms with Crippen LogP contribution in [0.5, 0.6) is 0 Å². The molecule has 1 saturated heterocycles. The first-order valence-electron chi connectivity index (χ1n) is 12.6.